The fraction of sp³-hybridized carbons (Fsp3) is 0.300. The first-order chi connectivity index (χ1) is 7.59. The first kappa shape index (κ1) is 12.0. The normalized spacial score (nSPS) is 18.2. The highest BCUT2D eigenvalue weighted by Gasteiger charge is 2.18. The Kier molecular flexibility index (Phi) is 4.26. The van der Waals surface area contributed by atoms with Gasteiger partial charge in [-0.05, 0) is 24.1 Å². The van der Waals surface area contributed by atoms with Crippen LogP contribution in [-0.4, -0.2) is 41.5 Å². The molecule has 0 saturated heterocycles. The van der Waals surface area contributed by atoms with E-state index in [2.05, 4.69) is 10.3 Å². The van der Waals surface area contributed by atoms with Crippen molar-refractivity contribution in [1.29, 1.82) is 0 Å². The summed E-state index contributed by atoms with van der Waals surface area (Å²) in [7, 11) is 0. The predicted molar refractivity (Wildman–Crippen MR) is 59.4 cm³/mol. The number of hydrogen-bond donors (Lipinski definition) is 1. The molecule has 1 heterocycles. The van der Waals surface area contributed by atoms with E-state index < -0.39 is 11.9 Å². The Morgan fingerprint density at radius 3 is 2.88 bits per heavy atom. The van der Waals surface area contributed by atoms with Crippen LogP contribution < -0.4 is 5.32 Å². The Labute approximate surface area is 92.0 Å². The lowest BCUT2D eigenvalue weighted by atomic mass is 10.1. The van der Waals surface area contributed by atoms with Crippen LogP contribution in [0.5, 0.6) is 0 Å². The monoisotopic (exact) mass is 226 g/mol. The Morgan fingerprint density at radius 2 is 2.25 bits per heavy atom. The van der Waals surface area contributed by atoms with Crippen molar-refractivity contribution in [3.8, 4) is 0 Å². The number of carbonyl (C=O) groups excluding carboxylic acids is 2. The molecule has 1 rings (SSSR count). The van der Waals surface area contributed by atoms with Crippen molar-refractivity contribution in [3.63, 3.8) is 0 Å². The summed E-state index contributed by atoms with van der Waals surface area (Å²) in [4.78, 5) is 24.8. The minimum Gasteiger partial charge on any atom is -0.563 e. The van der Waals surface area contributed by atoms with Crippen LogP contribution in [-0.2, 0) is 9.59 Å². The van der Waals surface area contributed by atoms with E-state index in [0.29, 0.717) is 6.54 Å². The van der Waals surface area contributed by atoms with Crippen LogP contribution in [0.1, 0.15) is 6.42 Å². The van der Waals surface area contributed by atoms with Crippen LogP contribution in [0.2, 0.25) is 0 Å². The van der Waals surface area contributed by atoms with Gasteiger partial charge in [-0.25, -0.2) is 0 Å². The number of nitrogens with one attached hydrogen (secondary N) is 1. The molecule has 6 nitrogen and oxygen atoms in total. The van der Waals surface area contributed by atoms with Crippen LogP contribution >= 0.6 is 0 Å². The molecular formula is C10H14N2O4+2. The van der Waals surface area contributed by atoms with Gasteiger partial charge in [-0.15, -0.1) is 0 Å². The van der Waals surface area contributed by atoms with E-state index in [9.17, 15) is 9.59 Å². The molecule has 0 saturated carbocycles. The molecule has 0 unspecified atom stereocenters. The minimum atomic E-state index is -0.746. The molecule has 86 valence electrons. The summed E-state index contributed by atoms with van der Waals surface area (Å²) in [6.45, 7) is 0.448. The fourth-order valence-electron chi connectivity index (χ4n) is 1.21. The van der Waals surface area contributed by atoms with Crippen molar-refractivity contribution in [2.24, 2.45) is 4.99 Å². The van der Waals surface area contributed by atoms with Gasteiger partial charge >= 0.3 is 11.9 Å². The Bertz CT molecular complexity index is 382. The van der Waals surface area contributed by atoms with Gasteiger partial charge in [0.1, 0.15) is 0 Å². The quantitative estimate of drug-likeness (QED) is 0.459. The predicted octanol–water partition coefficient (Wildman–Crippen LogP) is -1.64. The van der Waals surface area contributed by atoms with Crippen LogP contribution in [0.25, 0.3) is 0 Å². The van der Waals surface area contributed by atoms with Crippen LogP contribution in [0.4, 0.5) is 0 Å². The first-order valence-electron chi connectivity index (χ1n) is 4.74. The number of rotatable bonds is 4. The maximum absolute atomic E-state index is 10.8. The average Bonchev–Trinajstić information content (AvgIpc) is 2.24. The number of carbonyl (C=O) groups is 2. The second-order valence-corrected chi connectivity index (χ2v) is 3.22. The van der Waals surface area contributed by atoms with Gasteiger partial charge in [0.15, 0.2) is 12.2 Å². The van der Waals surface area contributed by atoms with Gasteiger partial charge in [-0.1, -0.05) is 0 Å². The average molecular weight is 226 g/mol. The lowest BCUT2D eigenvalue weighted by Gasteiger charge is -2.11. The minimum absolute atomic E-state index is 0.157. The SMILES string of the molecule is O=C([OH2+])CN=CC=C1C=C(C(=O)[OH2+])NCC1. The van der Waals surface area contributed by atoms with Crippen LogP contribution in [0, 0.1) is 0 Å². The molecule has 0 amide bonds. The fourth-order valence-corrected chi connectivity index (χ4v) is 1.21. The maximum Gasteiger partial charge on any atom is 0.565 e. The van der Waals surface area contributed by atoms with E-state index in [4.69, 9.17) is 10.2 Å². The summed E-state index contributed by atoms with van der Waals surface area (Å²) in [6.07, 6.45) is 5.44. The molecule has 0 aromatic heterocycles. The standard InChI is InChI=1S/C10H12N2O4/c13-9(14)6-11-3-1-7-2-4-12-8(5-7)10(15)16/h1,3,5,12H,2,4,6H2,(H,13,14)(H,15,16)/p+2. The zero-order chi connectivity index (χ0) is 12.0. The van der Waals surface area contributed by atoms with Gasteiger partial charge in [-0.2, -0.15) is 0 Å². The molecule has 0 aromatic carbocycles. The van der Waals surface area contributed by atoms with Gasteiger partial charge in [0.05, 0.1) is 0 Å². The second-order valence-electron chi connectivity index (χ2n) is 3.22. The van der Waals surface area contributed by atoms with Gasteiger partial charge < -0.3 is 15.5 Å². The van der Waals surface area contributed by atoms with Crippen LogP contribution in [0.15, 0.2) is 28.4 Å². The zero-order valence-electron chi connectivity index (χ0n) is 8.62. The molecule has 0 bridgehead atoms. The molecule has 0 spiro atoms. The van der Waals surface area contributed by atoms with Gasteiger partial charge in [0.25, 0.3) is 0 Å². The Balaban J connectivity index is 2.62. The first-order valence-corrected chi connectivity index (χ1v) is 4.74. The number of aliphatic imine (C=N–C) groups is 1. The highest BCUT2D eigenvalue weighted by atomic mass is 16.4. The molecule has 0 fully saturated rings. The summed E-state index contributed by atoms with van der Waals surface area (Å²) in [5.41, 5.74) is 1.14. The van der Waals surface area contributed by atoms with E-state index in [1.165, 1.54) is 6.21 Å². The summed E-state index contributed by atoms with van der Waals surface area (Å²) < 4.78 is 0. The van der Waals surface area contributed by atoms with Crippen LogP contribution in [0.3, 0.4) is 0 Å². The van der Waals surface area contributed by atoms with E-state index in [1.807, 2.05) is 0 Å². The van der Waals surface area contributed by atoms with E-state index in [1.54, 1.807) is 12.2 Å². The topological polar surface area (TPSA) is 104 Å². The molecule has 1 aliphatic heterocycles. The second kappa shape index (κ2) is 5.69. The Hall–Kier alpha value is -2.11. The van der Waals surface area contributed by atoms with Gasteiger partial charge in [0.2, 0.25) is 0 Å². The Morgan fingerprint density at radius 1 is 1.50 bits per heavy atom. The molecule has 0 aromatic rings. The van der Waals surface area contributed by atoms with E-state index in [0.717, 1.165) is 12.0 Å². The lowest BCUT2D eigenvalue weighted by molar-refractivity contribution is -0.135. The summed E-state index contributed by atoms with van der Waals surface area (Å²) in [6, 6.07) is 0. The summed E-state index contributed by atoms with van der Waals surface area (Å²) in [5.74, 6) is -1.48. The van der Waals surface area contributed by atoms with Crippen molar-refractivity contribution >= 4 is 18.2 Å². The van der Waals surface area contributed by atoms with Crippen molar-refractivity contribution in [3.05, 3.63) is 23.4 Å². The van der Waals surface area contributed by atoms with Gasteiger partial charge in [-0.3, -0.25) is 4.99 Å². The molecule has 0 atom stereocenters. The third-order valence-electron chi connectivity index (χ3n) is 1.93. The van der Waals surface area contributed by atoms with Crippen molar-refractivity contribution in [2.45, 2.75) is 6.42 Å². The molecule has 1 aliphatic rings. The molecule has 6 heteroatoms. The lowest BCUT2D eigenvalue weighted by Crippen LogP contribution is -2.25. The number of allylic oxidation sites excluding steroid dienone is 2. The largest absolute Gasteiger partial charge is 0.565 e. The molecular weight excluding hydrogens is 212 g/mol. The summed E-state index contributed by atoms with van der Waals surface area (Å²) >= 11 is 0. The van der Waals surface area contributed by atoms with E-state index >= 15 is 0 Å². The van der Waals surface area contributed by atoms with Crippen molar-refractivity contribution in [1.82, 2.24) is 5.32 Å². The molecule has 0 radical (unpaired) electrons. The van der Waals surface area contributed by atoms with Crippen molar-refractivity contribution < 1.29 is 19.8 Å². The molecule has 5 N–H and O–H groups in total. The number of hydrogen-bond acceptors (Lipinski definition) is 4. The highest BCUT2D eigenvalue weighted by Crippen LogP contribution is 2.10. The maximum atomic E-state index is 10.8. The summed E-state index contributed by atoms with van der Waals surface area (Å²) in [5, 5.41) is 16.4. The third kappa shape index (κ3) is 3.95. The highest BCUT2D eigenvalue weighted by molar-refractivity contribution is 5.87. The third-order valence-corrected chi connectivity index (χ3v) is 1.93. The smallest absolute Gasteiger partial charge is 0.563 e. The van der Waals surface area contributed by atoms with Gasteiger partial charge in [0, 0.05) is 22.3 Å². The number of nitrogens with zero attached hydrogens (tertiary/aromatic N) is 1. The van der Waals surface area contributed by atoms with E-state index in [-0.39, 0.29) is 12.2 Å². The molecule has 16 heavy (non-hydrogen) atoms. The molecule has 0 aliphatic carbocycles. The zero-order valence-corrected chi connectivity index (χ0v) is 8.62. The van der Waals surface area contributed by atoms with Crippen molar-refractivity contribution in [2.75, 3.05) is 13.1 Å².